The second-order valence-electron chi connectivity index (χ2n) is 8.34. The number of carbonyl (C=O) groups excluding carboxylic acids is 1. The molecule has 1 amide bonds. The molecule has 144 valence electrons. The van der Waals surface area contributed by atoms with Crippen LogP contribution in [0.5, 0.6) is 0 Å². The van der Waals surface area contributed by atoms with Gasteiger partial charge in [-0.15, -0.1) is 11.3 Å². The summed E-state index contributed by atoms with van der Waals surface area (Å²) in [7, 11) is 0. The molecule has 2 aromatic heterocycles. The van der Waals surface area contributed by atoms with Gasteiger partial charge in [-0.3, -0.25) is 4.79 Å². The molecular weight excluding hydrogens is 374 g/mol. The molecule has 3 aliphatic rings. The molecule has 6 heteroatoms. The number of piperidine rings is 1. The quantitative estimate of drug-likeness (QED) is 0.556. The van der Waals surface area contributed by atoms with Crippen LogP contribution in [0.4, 0.5) is 0 Å². The lowest BCUT2D eigenvalue weighted by atomic mass is 9.75. The third-order valence-electron chi connectivity index (χ3n) is 6.62. The second kappa shape index (κ2) is 7.36. The molecule has 2 atom stereocenters. The molecule has 4 nitrogen and oxygen atoms in total. The number of fused-ring (bicyclic) bond motifs is 4. The lowest BCUT2D eigenvalue weighted by Gasteiger charge is -2.41. The van der Waals surface area contributed by atoms with Crippen molar-refractivity contribution in [2.24, 2.45) is 11.8 Å². The molecule has 27 heavy (non-hydrogen) atoms. The van der Waals surface area contributed by atoms with Crippen molar-refractivity contribution >= 4 is 39.2 Å². The maximum Gasteiger partial charge on any atom is 0.232 e. The van der Waals surface area contributed by atoms with Crippen LogP contribution in [-0.2, 0) is 17.6 Å². The average molecular weight is 402 g/mol. The molecule has 1 saturated carbocycles. The van der Waals surface area contributed by atoms with Gasteiger partial charge in [-0.05, 0) is 56.4 Å². The van der Waals surface area contributed by atoms with Gasteiger partial charge in [0.05, 0.1) is 5.75 Å². The highest BCUT2D eigenvalue weighted by atomic mass is 32.2. The predicted octanol–water partition coefficient (Wildman–Crippen LogP) is 4.62. The highest BCUT2D eigenvalue weighted by molar-refractivity contribution is 8.00. The molecule has 2 fully saturated rings. The SMILES string of the molecule is Cc1nc(SCC(=O)N2CC[C@H]3CCCC[C@H]3C2)c2c3c(sc2n1)CCC3. The Hall–Kier alpha value is -1.14. The Morgan fingerprint density at radius 1 is 1.15 bits per heavy atom. The van der Waals surface area contributed by atoms with Gasteiger partial charge in [-0.2, -0.15) is 0 Å². The monoisotopic (exact) mass is 401 g/mol. The van der Waals surface area contributed by atoms with Crippen LogP contribution in [0.1, 0.15) is 54.8 Å². The van der Waals surface area contributed by atoms with Gasteiger partial charge in [0.2, 0.25) is 5.91 Å². The van der Waals surface area contributed by atoms with Crippen molar-refractivity contribution < 1.29 is 4.79 Å². The molecule has 1 saturated heterocycles. The van der Waals surface area contributed by atoms with Gasteiger partial charge >= 0.3 is 0 Å². The zero-order chi connectivity index (χ0) is 18.4. The van der Waals surface area contributed by atoms with E-state index in [9.17, 15) is 4.79 Å². The second-order valence-corrected chi connectivity index (χ2v) is 10.4. The summed E-state index contributed by atoms with van der Waals surface area (Å²) in [5.41, 5.74) is 1.45. The van der Waals surface area contributed by atoms with Crippen molar-refractivity contribution in [1.82, 2.24) is 14.9 Å². The van der Waals surface area contributed by atoms with E-state index in [4.69, 9.17) is 4.98 Å². The van der Waals surface area contributed by atoms with Gasteiger partial charge in [0.1, 0.15) is 15.7 Å². The minimum Gasteiger partial charge on any atom is -0.342 e. The number of aryl methyl sites for hydroxylation is 3. The molecule has 1 aliphatic heterocycles. The maximum absolute atomic E-state index is 12.9. The number of hydrogen-bond donors (Lipinski definition) is 0. The van der Waals surface area contributed by atoms with E-state index < -0.39 is 0 Å². The summed E-state index contributed by atoms with van der Waals surface area (Å²) < 4.78 is 0. The van der Waals surface area contributed by atoms with Gasteiger partial charge in [-0.1, -0.05) is 31.0 Å². The third kappa shape index (κ3) is 3.39. The molecule has 2 aliphatic carbocycles. The van der Waals surface area contributed by atoms with E-state index in [1.165, 1.54) is 60.8 Å². The molecule has 0 spiro atoms. The first-order valence-corrected chi connectivity index (χ1v) is 12.2. The number of rotatable bonds is 3. The van der Waals surface area contributed by atoms with Crippen LogP contribution in [0.2, 0.25) is 0 Å². The highest BCUT2D eigenvalue weighted by Gasteiger charge is 2.33. The summed E-state index contributed by atoms with van der Waals surface area (Å²) in [4.78, 5) is 27.0. The lowest BCUT2D eigenvalue weighted by molar-refractivity contribution is -0.131. The fourth-order valence-electron chi connectivity index (χ4n) is 5.22. The number of aromatic nitrogens is 2. The normalized spacial score (nSPS) is 24.9. The number of amides is 1. The van der Waals surface area contributed by atoms with E-state index in [1.54, 1.807) is 11.8 Å². The Kier molecular flexibility index (Phi) is 4.88. The van der Waals surface area contributed by atoms with Crippen molar-refractivity contribution in [2.45, 2.75) is 63.3 Å². The molecule has 0 N–H and O–H groups in total. The Balaban J connectivity index is 1.31. The summed E-state index contributed by atoms with van der Waals surface area (Å²) in [6, 6.07) is 0. The van der Waals surface area contributed by atoms with Gasteiger partial charge in [0.25, 0.3) is 0 Å². The number of thioether (sulfide) groups is 1. The summed E-state index contributed by atoms with van der Waals surface area (Å²) in [6.45, 7) is 3.90. The van der Waals surface area contributed by atoms with E-state index in [1.807, 2.05) is 18.3 Å². The predicted molar refractivity (Wildman–Crippen MR) is 112 cm³/mol. The lowest BCUT2D eigenvalue weighted by Crippen LogP contribution is -2.45. The molecular formula is C21H27N3OS2. The van der Waals surface area contributed by atoms with Crippen LogP contribution in [0.15, 0.2) is 5.03 Å². The first kappa shape index (κ1) is 17.9. The average Bonchev–Trinajstić information content (AvgIpc) is 3.26. The standard InChI is InChI=1S/C21H27N3OS2/c1-13-22-20(19-16-7-4-8-17(16)27-21(19)23-13)26-12-18(25)24-10-9-14-5-2-3-6-15(14)11-24/h14-15H,2-12H2,1H3/t14-,15+/m1/s1. The first-order valence-electron chi connectivity index (χ1n) is 10.4. The van der Waals surface area contributed by atoms with E-state index in [2.05, 4.69) is 9.88 Å². The van der Waals surface area contributed by atoms with Gasteiger partial charge in [0.15, 0.2) is 0 Å². The van der Waals surface area contributed by atoms with Crippen LogP contribution in [0.25, 0.3) is 10.2 Å². The fourth-order valence-corrected chi connectivity index (χ4v) is 7.59. The third-order valence-corrected chi connectivity index (χ3v) is 8.77. The zero-order valence-electron chi connectivity index (χ0n) is 16.0. The largest absolute Gasteiger partial charge is 0.342 e. The Bertz CT molecular complexity index is 878. The molecule has 5 rings (SSSR count). The van der Waals surface area contributed by atoms with E-state index in [0.717, 1.165) is 47.0 Å². The minimum atomic E-state index is 0.292. The van der Waals surface area contributed by atoms with Crippen molar-refractivity contribution in [3.63, 3.8) is 0 Å². The minimum absolute atomic E-state index is 0.292. The first-order chi connectivity index (χ1) is 13.2. The molecule has 3 heterocycles. The number of hydrogen-bond acceptors (Lipinski definition) is 5. The summed E-state index contributed by atoms with van der Waals surface area (Å²) in [5.74, 6) is 3.23. The topological polar surface area (TPSA) is 46.1 Å². The summed E-state index contributed by atoms with van der Waals surface area (Å²) in [6.07, 6.45) is 10.2. The summed E-state index contributed by atoms with van der Waals surface area (Å²) >= 11 is 3.46. The summed E-state index contributed by atoms with van der Waals surface area (Å²) in [5, 5.41) is 2.26. The van der Waals surface area contributed by atoms with Gasteiger partial charge < -0.3 is 4.90 Å². The van der Waals surface area contributed by atoms with Crippen molar-refractivity contribution in [1.29, 1.82) is 0 Å². The highest BCUT2D eigenvalue weighted by Crippen LogP contribution is 2.41. The molecule has 0 unspecified atom stereocenters. The maximum atomic E-state index is 12.9. The smallest absolute Gasteiger partial charge is 0.232 e. The molecule has 0 radical (unpaired) electrons. The molecule has 0 bridgehead atoms. The van der Waals surface area contributed by atoms with Crippen molar-refractivity contribution in [2.75, 3.05) is 18.8 Å². The molecule has 0 aromatic carbocycles. The van der Waals surface area contributed by atoms with E-state index in [-0.39, 0.29) is 0 Å². The number of carbonyl (C=O) groups is 1. The van der Waals surface area contributed by atoms with Crippen LogP contribution in [-0.4, -0.2) is 39.6 Å². The Morgan fingerprint density at radius 3 is 2.89 bits per heavy atom. The van der Waals surface area contributed by atoms with Gasteiger partial charge in [0, 0.05) is 23.4 Å². The van der Waals surface area contributed by atoms with E-state index in [0.29, 0.717) is 11.7 Å². The molecule has 2 aromatic rings. The fraction of sp³-hybridized carbons (Fsp3) is 0.667. The Morgan fingerprint density at radius 2 is 2.00 bits per heavy atom. The Labute approximate surface area is 169 Å². The van der Waals surface area contributed by atoms with Crippen molar-refractivity contribution in [3.05, 3.63) is 16.3 Å². The van der Waals surface area contributed by atoms with Crippen LogP contribution < -0.4 is 0 Å². The van der Waals surface area contributed by atoms with Crippen LogP contribution in [0, 0.1) is 18.8 Å². The zero-order valence-corrected chi connectivity index (χ0v) is 17.6. The van der Waals surface area contributed by atoms with E-state index >= 15 is 0 Å². The number of nitrogens with zero attached hydrogens (tertiary/aromatic N) is 3. The van der Waals surface area contributed by atoms with Gasteiger partial charge in [-0.25, -0.2) is 9.97 Å². The number of thiophene rings is 1. The van der Waals surface area contributed by atoms with Crippen molar-refractivity contribution in [3.8, 4) is 0 Å². The number of likely N-dealkylation sites (tertiary alicyclic amines) is 1. The van der Waals surface area contributed by atoms with Crippen LogP contribution in [0.3, 0.4) is 0 Å². The van der Waals surface area contributed by atoms with Crippen LogP contribution >= 0.6 is 23.1 Å².